The summed E-state index contributed by atoms with van der Waals surface area (Å²) in [5, 5.41) is 9.53. The number of amides is 1. The first-order valence-corrected chi connectivity index (χ1v) is 7.70. The number of carbonyl (C=O) groups is 1. The summed E-state index contributed by atoms with van der Waals surface area (Å²) in [5.74, 6) is -0.302. The van der Waals surface area contributed by atoms with Gasteiger partial charge in [-0.15, -0.1) is 11.3 Å². The number of halogens is 1. The molecule has 21 heavy (non-hydrogen) atoms. The van der Waals surface area contributed by atoms with Crippen LogP contribution in [0, 0.1) is 12.7 Å². The summed E-state index contributed by atoms with van der Waals surface area (Å²) in [6.45, 7) is 2.95. The molecule has 1 fully saturated rings. The second-order valence-corrected chi connectivity index (χ2v) is 6.38. The Morgan fingerprint density at radius 2 is 2.10 bits per heavy atom. The third kappa shape index (κ3) is 2.84. The van der Waals surface area contributed by atoms with Gasteiger partial charge in [0.05, 0.1) is 11.0 Å². The van der Waals surface area contributed by atoms with Crippen molar-refractivity contribution < 1.29 is 14.3 Å². The lowest BCUT2D eigenvalue weighted by Crippen LogP contribution is -2.28. The zero-order valence-corrected chi connectivity index (χ0v) is 12.5. The Morgan fingerprint density at radius 1 is 1.38 bits per heavy atom. The Labute approximate surface area is 126 Å². The second kappa shape index (κ2) is 5.58. The van der Waals surface area contributed by atoms with Gasteiger partial charge in [0.25, 0.3) is 5.91 Å². The molecule has 2 heterocycles. The smallest absolute Gasteiger partial charge is 0.264 e. The molecule has 0 radical (unpaired) electrons. The molecular formula is C16H16FNO2S. The minimum Gasteiger partial charge on any atom is -0.391 e. The maximum Gasteiger partial charge on any atom is 0.264 e. The molecule has 0 unspecified atom stereocenters. The molecule has 1 atom stereocenters. The molecule has 110 valence electrons. The highest BCUT2D eigenvalue weighted by Crippen LogP contribution is 2.33. The Morgan fingerprint density at radius 3 is 2.71 bits per heavy atom. The van der Waals surface area contributed by atoms with Gasteiger partial charge in [0, 0.05) is 18.0 Å². The number of aliphatic hydroxyl groups excluding tert-OH is 1. The minimum atomic E-state index is -0.411. The lowest BCUT2D eigenvalue weighted by Gasteiger charge is -2.13. The van der Waals surface area contributed by atoms with Crippen molar-refractivity contribution in [2.24, 2.45) is 0 Å². The van der Waals surface area contributed by atoms with E-state index in [9.17, 15) is 14.3 Å². The van der Waals surface area contributed by atoms with Crippen LogP contribution in [0.15, 0.2) is 30.3 Å². The Hall–Kier alpha value is -1.72. The molecule has 3 rings (SSSR count). The van der Waals surface area contributed by atoms with E-state index in [-0.39, 0.29) is 11.7 Å². The molecule has 1 aliphatic rings. The van der Waals surface area contributed by atoms with Gasteiger partial charge >= 0.3 is 0 Å². The average Bonchev–Trinajstić information content (AvgIpc) is 3.05. The van der Waals surface area contributed by atoms with Crippen molar-refractivity contribution in [2.45, 2.75) is 19.4 Å². The summed E-state index contributed by atoms with van der Waals surface area (Å²) < 4.78 is 13.0. The topological polar surface area (TPSA) is 40.5 Å². The van der Waals surface area contributed by atoms with Crippen LogP contribution in [0.5, 0.6) is 0 Å². The van der Waals surface area contributed by atoms with Gasteiger partial charge in [-0.3, -0.25) is 4.79 Å². The summed E-state index contributed by atoms with van der Waals surface area (Å²) >= 11 is 1.42. The number of aryl methyl sites for hydroxylation is 1. The van der Waals surface area contributed by atoms with E-state index in [0.29, 0.717) is 24.4 Å². The highest BCUT2D eigenvalue weighted by Gasteiger charge is 2.26. The first-order chi connectivity index (χ1) is 10.0. The normalized spacial score (nSPS) is 18.2. The molecule has 1 aromatic carbocycles. The predicted molar refractivity (Wildman–Crippen MR) is 81.0 cm³/mol. The summed E-state index contributed by atoms with van der Waals surface area (Å²) in [5.41, 5.74) is 1.93. The monoisotopic (exact) mass is 305 g/mol. The van der Waals surface area contributed by atoms with Crippen LogP contribution in [-0.4, -0.2) is 35.1 Å². The third-order valence-electron chi connectivity index (χ3n) is 3.69. The Balaban J connectivity index is 1.87. The zero-order valence-electron chi connectivity index (χ0n) is 11.7. The van der Waals surface area contributed by atoms with Crippen LogP contribution in [0.2, 0.25) is 0 Å². The van der Waals surface area contributed by atoms with Gasteiger partial charge in [-0.05, 0) is 42.7 Å². The lowest BCUT2D eigenvalue weighted by atomic mass is 10.1. The largest absolute Gasteiger partial charge is 0.391 e. The number of hydrogen-bond acceptors (Lipinski definition) is 3. The predicted octanol–water partition coefficient (Wildman–Crippen LogP) is 3.07. The number of aliphatic hydroxyl groups is 1. The fourth-order valence-electron chi connectivity index (χ4n) is 2.56. The van der Waals surface area contributed by atoms with Crippen LogP contribution in [0.25, 0.3) is 10.4 Å². The van der Waals surface area contributed by atoms with Gasteiger partial charge in [0.2, 0.25) is 0 Å². The maximum atomic E-state index is 13.0. The quantitative estimate of drug-likeness (QED) is 0.926. The fraction of sp³-hybridized carbons (Fsp3) is 0.312. The van der Waals surface area contributed by atoms with Crippen molar-refractivity contribution in [3.63, 3.8) is 0 Å². The highest BCUT2D eigenvalue weighted by atomic mass is 32.1. The van der Waals surface area contributed by atoms with Crippen molar-refractivity contribution in [2.75, 3.05) is 13.1 Å². The summed E-state index contributed by atoms with van der Waals surface area (Å²) in [6.07, 6.45) is 0.229. The highest BCUT2D eigenvalue weighted by molar-refractivity contribution is 7.17. The van der Waals surface area contributed by atoms with Crippen molar-refractivity contribution in [1.82, 2.24) is 4.90 Å². The number of nitrogens with zero attached hydrogens (tertiary/aromatic N) is 1. The van der Waals surface area contributed by atoms with Crippen molar-refractivity contribution in [1.29, 1.82) is 0 Å². The van der Waals surface area contributed by atoms with E-state index in [2.05, 4.69) is 0 Å². The SMILES string of the molecule is Cc1cc(C(=O)N2CC[C@@H](O)C2)sc1-c1ccc(F)cc1. The zero-order chi connectivity index (χ0) is 15.0. The van der Waals surface area contributed by atoms with Gasteiger partial charge in [-0.2, -0.15) is 0 Å². The Bertz CT molecular complexity index is 665. The molecule has 1 saturated heterocycles. The molecule has 2 aromatic rings. The second-order valence-electron chi connectivity index (χ2n) is 5.32. The number of hydrogen-bond donors (Lipinski definition) is 1. The molecule has 0 bridgehead atoms. The maximum absolute atomic E-state index is 13.0. The fourth-order valence-corrected chi connectivity index (χ4v) is 3.70. The standard InChI is InChI=1S/C16H16FNO2S/c1-10-8-14(16(20)18-7-6-13(19)9-18)21-15(10)11-2-4-12(17)5-3-11/h2-5,8,13,19H,6-7,9H2,1H3/t13-/m1/s1. The van der Waals surface area contributed by atoms with Crippen LogP contribution in [0.4, 0.5) is 4.39 Å². The van der Waals surface area contributed by atoms with Gasteiger partial charge < -0.3 is 10.0 Å². The van der Waals surface area contributed by atoms with E-state index in [1.165, 1.54) is 23.5 Å². The minimum absolute atomic E-state index is 0.0342. The molecule has 1 amide bonds. The molecule has 5 heteroatoms. The molecule has 1 aliphatic heterocycles. The lowest BCUT2D eigenvalue weighted by molar-refractivity contribution is 0.0769. The molecule has 1 aromatic heterocycles. The van der Waals surface area contributed by atoms with E-state index in [0.717, 1.165) is 16.0 Å². The van der Waals surface area contributed by atoms with E-state index >= 15 is 0 Å². The van der Waals surface area contributed by atoms with Crippen molar-refractivity contribution in [3.05, 3.63) is 46.6 Å². The average molecular weight is 305 g/mol. The van der Waals surface area contributed by atoms with Gasteiger partial charge in [0.1, 0.15) is 5.82 Å². The third-order valence-corrected chi connectivity index (χ3v) is 4.96. The van der Waals surface area contributed by atoms with Gasteiger partial charge in [-0.25, -0.2) is 4.39 Å². The van der Waals surface area contributed by atoms with Gasteiger partial charge in [0.15, 0.2) is 0 Å². The van der Waals surface area contributed by atoms with Crippen LogP contribution >= 0.6 is 11.3 Å². The van der Waals surface area contributed by atoms with E-state index in [1.807, 2.05) is 13.0 Å². The first-order valence-electron chi connectivity index (χ1n) is 6.88. The number of carbonyl (C=O) groups excluding carboxylic acids is 1. The van der Waals surface area contributed by atoms with Crippen LogP contribution in [-0.2, 0) is 0 Å². The van der Waals surface area contributed by atoms with E-state index in [1.54, 1.807) is 17.0 Å². The number of β-amino-alcohol motifs (C(OH)–C–C–N with tert-alkyl or cyclic N) is 1. The van der Waals surface area contributed by atoms with Crippen molar-refractivity contribution in [3.8, 4) is 10.4 Å². The van der Waals surface area contributed by atoms with Gasteiger partial charge in [-0.1, -0.05) is 12.1 Å². The van der Waals surface area contributed by atoms with Crippen molar-refractivity contribution >= 4 is 17.2 Å². The summed E-state index contributed by atoms with van der Waals surface area (Å²) in [4.78, 5) is 15.7. The molecule has 0 spiro atoms. The summed E-state index contributed by atoms with van der Waals surface area (Å²) in [7, 11) is 0. The molecule has 0 aliphatic carbocycles. The Kier molecular flexibility index (Phi) is 3.78. The molecule has 0 saturated carbocycles. The first kappa shape index (κ1) is 14.2. The summed E-state index contributed by atoms with van der Waals surface area (Å²) in [6, 6.07) is 8.17. The molecular weight excluding hydrogens is 289 g/mol. The number of likely N-dealkylation sites (tertiary alicyclic amines) is 1. The van der Waals surface area contributed by atoms with Crippen LogP contribution < -0.4 is 0 Å². The van der Waals surface area contributed by atoms with E-state index < -0.39 is 6.10 Å². The van der Waals surface area contributed by atoms with E-state index in [4.69, 9.17) is 0 Å². The number of benzene rings is 1. The number of thiophene rings is 1. The van der Waals surface area contributed by atoms with Crippen LogP contribution in [0.3, 0.4) is 0 Å². The van der Waals surface area contributed by atoms with Crippen LogP contribution in [0.1, 0.15) is 21.7 Å². The molecule has 3 nitrogen and oxygen atoms in total. The molecule has 1 N–H and O–H groups in total. The number of rotatable bonds is 2.